The van der Waals surface area contributed by atoms with Gasteiger partial charge < -0.3 is 4.74 Å². The Morgan fingerprint density at radius 1 is 1.17 bits per heavy atom. The maximum absolute atomic E-state index is 11.4. The van der Waals surface area contributed by atoms with Crippen LogP contribution in [-0.4, -0.2) is 26.2 Å². The molecule has 0 radical (unpaired) electrons. The van der Waals surface area contributed by atoms with E-state index in [0.717, 1.165) is 30.2 Å². The smallest absolute Gasteiger partial charge is 0.295 e. The standard InChI is InChI=1S/C19H24N4O5S/c1-2-3-4-5-12-28-16-8-6-15(7-9-16)14-21-22-18-11-10-17(29(20,26)27)13-19(18)23(24)25/h6-11,13-14,22H,2-5,12H2,1H3,(H2,20,26,27). The van der Waals surface area contributed by atoms with Gasteiger partial charge >= 0.3 is 0 Å². The Morgan fingerprint density at radius 2 is 1.90 bits per heavy atom. The number of hydrogen-bond donors (Lipinski definition) is 2. The van der Waals surface area contributed by atoms with Gasteiger partial charge in [0, 0.05) is 6.07 Å². The second-order valence-corrected chi connectivity index (χ2v) is 7.89. The van der Waals surface area contributed by atoms with E-state index in [1.165, 1.54) is 31.2 Å². The van der Waals surface area contributed by atoms with Crippen molar-refractivity contribution in [2.75, 3.05) is 12.0 Å². The summed E-state index contributed by atoms with van der Waals surface area (Å²) >= 11 is 0. The minimum atomic E-state index is -4.04. The molecule has 0 saturated heterocycles. The Balaban J connectivity index is 1.98. The highest BCUT2D eigenvalue weighted by Crippen LogP contribution is 2.27. The highest BCUT2D eigenvalue weighted by atomic mass is 32.2. The molecule has 0 aliphatic heterocycles. The van der Waals surface area contributed by atoms with Crippen LogP contribution in [0, 0.1) is 10.1 Å². The van der Waals surface area contributed by atoms with Gasteiger partial charge in [-0.15, -0.1) is 0 Å². The molecule has 0 amide bonds. The highest BCUT2D eigenvalue weighted by molar-refractivity contribution is 7.89. The summed E-state index contributed by atoms with van der Waals surface area (Å²) in [5.41, 5.74) is 2.92. The molecule has 0 saturated carbocycles. The van der Waals surface area contributed by atoms with Gasteiger partial charge in [-0.25, -0.2) is 13.6 Å². The SMILES string of the molecule is CCCCCCOc1ccc(C=NNc2ccc(S(N)(=O)=O)cc2[N+](=O)[O-])cc1. The number of anilines is 1. The van der Waals surface area contributed by atoms with Gasteiger partial charge in [-0.1, -0.05) is 26.2 Å². The van der Waals surface area contributed by atoms with Gasteiger partial charge in [0.2, 0.25) is 10.0 Å². The average Bonchev–Trinajstić information content (AvgIpc) is 2.68. The number of nitrogens with two attached hydrogens (primary N) is 1. The van der Waals surface area contributed by atoms with Gasteiger partial charge in [0.05, 0.1) is 22.6 Å². The second-order valence-electron chi connectivity index (χ2n) is 6.33. The summed E-state index contributed by atoms with van der Waals surface area (Å²) in [6, 6.07) is 10.6. The minimum absolute atomic E-state index is 0.0469. The summed E-state index contributed by atoms with van der Waals surface area (Å²) in [5, 5.41) is 20.2. The van der Waals surface area contributed by atoms with Crippen LogP contribution in [0.4, 0.5) is 11.4 Å². The van der Waals surface area contributed by atoms with Gasteiger partial charge in [-0.05, 0) is 48.4 Å². The fourth-order valence-electron chi connectivity index (χ4n) is 2.48. The van der Waals surface area contributed by atoms with Gasteiger partial charge in [0.15, 0.2) is 0 Å². The molecule has 0 aliphatic rings. The first-order valence-electron chi connectivity index (χ1n) is 9.14. The van der Waals surface area contributed by atoms with Crippen molar-refractivity contribution in [2.24, 2.45) is 10.2 Å². The topological polar surface area (TPSA) is 137 Å². The van der Waals surface area contributed by atoms with E-state index in [1.54, 1.807) is 0 Å². The summed E-state index contributed by atoms with van der Waals surface area (Å²) in [7, 11) is -4.04. The predicted octanol–water partition coefficient (Wildman–Crippen LogP) is 3.65. The number of nitro groups is 1. The van der Waals surface area contributed by atoms with Crippen LogP contribution in [0.25, 0.3) is 0 Å². The normalized spacial score (nSPS) is 11.5. The summed E-state index contributed by atoms with van der Waals surface area (Å²) in [6.45, 7) is 2.83. The molecule has 9 nitrogen and oxygen atoms in total. The summed E-state index contributed by atoms with van der Waals surface area (Å²) in [6.07, 6.45) is 6.04. The van der Waals surface area contributed by atoms with Crippen LogP contribution in [0.15, 0.2) is 52.5 Å². The number of hydrazone groups is 1. The van der Waals surface area contributed by atoms with Crippen LogP contribution in [0.1, 0.15) is 38.2 Å². The predicted molar refractivity (Wildman–Crippen MR) is 112 cm³/mol. The summed E-state index contributed by atoms with van der Waals surface area (Å²) < 4.78 is 28.4. The lowest BCUT2D eigenvalue weighted by molar-refractivity contribution is -0.384. The molecule has 0 fully saturated rings. The molecule has 156 valence electrons. The Morgan fingerprint density at radius 3 is 2.52 bits per heavy atom. The first-order chi connectivity index (χ1) is 13.8. The molecular formula is C19H24N4O5S. The van der Waals surface area contributed by atoms with Crippen molar-refractivity contribution in [3.05, 3.63) is 58.1 Å². The molecule has 2 rings (SSSR count). The lowest BCUT2D eigenvalue weighted by atomic mass is 10.2. The largest absolute Gasteiger partial charge is 0.494 e. The van der Waals surface area contributed by atoms with Crippen LogP contribution >= 0.6 is 0 Å². The number of ether oxygens (including phenoxy) is 1. The molecule has 0 aromatic heterocycles. The van der Waals surface area contributed by atoms with Crippen molar-refractivity contribution in [1.82, 2.24) is 0 Å². The molecule has 0 bridgehead atoms. The number of hydrogen-bond acceptors (Lipinski definition) is 7. The Kier molecular flexibility index (Phi) is 8.10. The third-order valence-electron chi connectivity index (χ3n) is 4.04. The number of primary sulfonamides is 1. The molecule has 2 aromatic rings. The van der Waals surface area contributed by atoms with E-state index in [2.05, 4.69) is 17.5 Å². The highest BCUT2D eigenvalue weighted by Gasteiger charge is 2.18. The van der Waals surface area contributed by atoms with E-state index in [9.17, 15) is 18.5 Å². The monoisotopic (exact) mass is 420 g/mol. The quantitative estimate of drug-likeness (QED) is 0.246. The number of nitrogens with zero attached hydrogens (tertiary/aromatic N) is 2. The first-order valence-corrected chi connectivity index (χ1v) is 10.7. The van der Waals surface area contributed by atoms with Crippen LogP contribution < -0.4 is 15.3 Å². The Bertz CT molecular complexity index is 959. The minimum Gasteiger partial charge on any atom is -0.494 e. The van der Waals surface area contributed by atoms with Crippen LogP contribution in [0.3, 0.4) is 0 Å². The van der Waals surface area contributed by atoms with E-state index in [-0.39, 0.29) is 10.6 Å². The molecule has 0 atom stereocenters. The van der Waals surface area contributed by atoms with Crippen molar-refractivity contribution in [2.45, 2.75) is 37.5 Å². The number of benzene rings is 2. The van der Waals surface area contributed by atoms with Crippen LogP contribution in [0.5, 0.6) is 5.75 Å². The number of rotatable bonds is 11. The molecule has 29 heavy (non-hydrogen) atoms. The number of unbranched alkanes of at least 4 members (excludes halogenated alkanes) is 3. The van der Waals surface area contributed by atoms with Crippen molar-refractivity contribution in [1.29, 1.82) is 0 Å². The van der Waals surface area contributed by atoms with Crippen molar-refractivity contribution >= 4 is 27.6 Å². The molecule has 10 heteroatoms. The van der Waals surface area contributed by atoms with Crippen LogP contribution in [0.2, 0.25) is 0 Å². The van der Waals surface area contributed by atoms with E-state index < -0.39 is 20.6 Å². The molecule has 0 unspecified atom stereocenters. The van der Waals surface area contributed by atoms with Gasteiger partial charge in [-0.3, -0.25) is 15.5 Å². The average molecular weight is 420 g/mol. The number of sulfonamides is 1. The van der Waals surface area contributed by atoms with Crippen molar-refractivity contribution in [3.63, 3.8) is 0 Å². The molecule has 3 N–H and O–H groups in total. The molecule has 0 heterocycles. The van der Waals surface area contributed by atoms with Crippen LogP contribution in [-0.2, 0) is 10.0 Å². The lowest BCUT2D eigenvalue weighted by Crippen LogP contribution is -2.12. The number of nitrogens with one attached hydrogen (secondary N) is 1. The number of nitro benzene ring substituents is 1. The molecular weight excluding hydrogens is 396 g/mol. The maximum Gasteiger partial charge on any atom is 0.295 e. The second kappa shape index (κ2) is 10.5. The summed E-state index contributed by atoms with van der Waals surface area (Å²) in [4.78, 5) is 10.1. The van der Waals surface area contributed by atoms with Gasteiger partial charge in [-0.2, -0.15) is 5.10 Å². The maximum atomic E-state index is 11.4. The zero-order chi connectivity index (χ0) is 21.3. The first kappa shape index (κ1) is 22.3. The van der Waals surface area contributed by atoms with Gasteiger partial charge in [0.25, 0.3) is 5.69 Å². The van der Waals surface area contributed by atoms with Crippen molar-refractivity contribution in [3.8, 4) is 5.75 Å². The summed E-state index contributed by atoms with van der Waals surface area (Å²) in [5.74, 6) is 0.765. The third kappa shape index (κ3) is 7.16. The van der Waals surface area contributed by atoms with Crippen molar-refractivity contribution < 1.29 is 18.1 Å². The zero-order valence-electron chi connectivity index (χ0n) is 16.1. The molecule has 2 aromatic carbocycles. The molecule has 0 aliphatic carbocycles. The molecule has 0 spiro atoms. The van der Waals surface area contributed by atoms with E-state index in [0.29, 0.717) is 6.61 Å². The van der Waals surface area contributed by atoms with E-state index >= 15 is 0 Å². The fraction of sp³-hybridized carbons (Fsp3) is 0.316. The van der Waals surface area contributed by atoms with E-state index in [4.69, 9.17) is 9.88 Å². The fourth-order valence-corrected chi connectivity index (χ4v) is 3.01. The lowest BCUT2D eigenvalue weighted by Gasteiger charge is -2.06. The Hall–Kier alpha value is -2.98. The van der Waals surface area contributed by atoms with E-state index in [1.807, 2.05) is 24.3 Å². The third-order valence-corrected chi connectivity index (χ3v) is 4.95. The Labute approximate surface area is 169 Å². The van der Waals surface area contributed by atoms with Gasteiger partial charge in [0.1, 0.15) is 11.4 Å². The zero-order valence-corrected chi connectivity index (χ0v) is 16.9.